The van der Waals surface area contributed by atoms with Gasteiger partial charge in [-0.05, 0) is 12.1 Å². The molecule has 1 rings (SSSR count). The van der Waals surface area contributed by atoms with Gasteiger partial charge in [0.1, 0.15) is 25.6 Å². The summed E-state index contributed by atoms with van der Waals surface area (Å²) in [5.41, 5.74) is -0.000254. The van der Waals surface area contributed by atoms with Crippen LogP contribution in [0.25, 0.3) is 0 Å². The average molecular weight is 386 g/mol. The SMILES string of the molecule is O=C(O)COCC(=O)NCCOCCOCCOc1ccc([N+](=O)[O-])cc1. The molecule has 1 aromatic carbocycles. The normalized spacial score (nSPS) is 10.4. The first-order valence-corrected chi connectivity index (χ1v) is 8.08. The number of nitro benzene ring substituents is 1. The number of carbonyl (C=O) groups is 2. The van der Waals surface area contributed by atoms with Gasteiger partial charge in [-0.1, -0.05) is 0 Å². The Hall–Kier alpha value is -2.76. The number of nitro groups is 1. The van der Waals surface area contributed by atoms with E-state index in [1.807, 2.05) is 0 Å². The third-order valence-corrected chi connectivity index (χ3v) is 2.94. The highest BCUT2D eigenvalue weighted by molar-refractivity contribution is 5.77. The fourth-order valence-corrected chi connectivity index (χ4v) is 1.75. The zero-order valence-electron chi connectivity index (χ0n) is 14.6. The predicted molar refractivity (Wildman–Crippen MR) is 91.7 cm³/mol. The molecule has 0 atom stereocenters. The number of nitrogens with zero attached hydrogens (tertiary/aromatic N) is 1. The summed E-state index contributed by atoms with van der Waals surface area (Å²) < 4.78 is 20.5. The van der Waals surface area contributed by atoms with E-state index < -0.39 is 23.4 Å². The van der Waals surface area contributed by atoms with Gasteiger partial charge in [0.05, 0.1) is 31.4 Å². The Kier molecular flexibility index (Phi) is 11.1. The minimum absolute atomic E-state index is 0.000254. The minimum atomic E-state index is -1.13. The fraction of sp³-hybridized carbons (Fsp3) is 0.500. The van der Waals surface area contributed by atoms with E-state index in [0.29, 0.717) is 32.2 Å². The molecule has 2 N–H and O–H groups in total. The molecule has 11 nitrogen and oxygen atoms in total. The summed E-state index contributed by atoms with van der Waals surface area (Å²) in [6.45, 7) is 1.04. The molecule has 0 radical (unpaired) electrons. The summed E-state index contributed by atoms with van der Waals surface area (Å²) in [6.07, 6.45) is 0. The van der Waals surface area contributed by atoms with Crippen LogP contribution in [0.1, 0.15) is 0 Å². The number of non-ortho nitro benzene ring substituents is 1. The number of carbonyl (C=O) groups excluding carboxylic acids is 1. The van der Waals surface area contributed by atoms with Crippen LogP contribution in [0.2, 0.25) is 0 Å². The molecule has 1 amide bonds. The Morgan fingerprint density at radius 3 is 2.22 bits per heavy atom. The van der Waals surface area contributed by atoms with E-state index in [1.165, 1.54) is 24.3 Å². The molecule has 0 spiro atoms. The zero-order valence-corrected chi connectivity index (χ0v) is 14.6. The van der Waals surface area contributed by atoms with Crippen LogP contribution in [0.5, 0.6) is 5.75 Å². The first kappa shape index (κ1) is 22.3. The standard InChI is InChI=1S/C16H22N2O9/c19-15(11-26-12-16(20)21)17-5-6-24-7-8-25-9-10-27-14-3-1-13(2-4-14)18(22)23/h1-4H,5-12H2,(H,17,19)(H,20,21). The maximum atomic E-state index is 11.2. The topological polar surface area (TPSA) is 146 Å². The predicted octanol–water partition coefficient (Wildman–Crippen LogP) is 0.224. The van der Waals surface area contributed by atoms with Crippen molar-refractivity contribution in [2.24, 2.45) is 0 Å². The van der Waals surface area contributed by atoms with Crippen molar-refractivity contribution in [3.63, 3.8) is 0 Å². The molecular formula is C16H22N2O9. The molecule has 0 aliphatic heterocycles. The van der Waals surface area contributed by atoms with Crippen LogP contribution < -0.4 is 10.1 Å². The summed E-state index contributed by atoms with van der Waals surface area (Å²) in [6, 6.07) is 5.76. The molecule has 0 unspecified atom stereocenters. The first-order valence-electron chi connectivity index (χ1n) is 8.08. The number of carboxylic acids is 1. The highest BCUT2D eigenvalue weighted by Crippen LogP contribution is 2.16. The number of rotatable bonds is 15. The molecule has 1 aromatic rings. The van der Waals surface area contributed by atoms with Gasteiger partial charge in [-0.2, -0.15) is 0 Å². The lowest BCUT2D eigenvalue weighted by Gasteiger charge is -2.08. The number of amides is 1. The van der Waals surface area contributed by atoms with E-state index >= 15 is 0 Å². The number of nitrogens with one attached hydrogen (secondary N) is 1. The molecule has 0 fully saturated rings. The summed E-state index contributed by atoms with van der Waals surface area (Å²) in [5, 5.41) is 21.4. The summed E-state index contributed by atoms with van der Waals surface area (Å²) in [4.78, 5) is 31.5. The fourth-order valence-electron chi connectivity index (χ4n) is 1.75. The summed E-state index contributed by atoms with van der Waals surface area (Å²) >= 11 is 0. The van der Waals surface area contributed by atoms with Gasteiger partial charge in [-0.3, -0.25) is 14.9 Å². The van der Waals surface area contributed by atoms with Crippen molar-refractivity contribution in [1.82, 2.24) is 5.32 Å². The lowest BCUT2D eigenvalue weighted by molar-refractivity contribution is -0.384. The second kappa shape index (κ2) is 13.4. The highest BCUT2D eigenvalue weighted by atomic mass is 16.6. The van der Waals surface area contributed by atoms with Crippen molar-refractivity contribution in [1.29, 1.82) is 0 Å². The van der Waals surface area contributed by atoms with Crippen LogP contribution in [-0.2, 0) is 23.8 Å². The molecule has 0 aliphatic rings. The molecule has 0 aliphatic carbocycles. The average Bonchev–Trinajstić information content (AvgIpc) is 2.63. The Morgan fingerprint density at radius 1 is 0.963 bits per heavy atom. The van der Waals surface area contributed by atoms with Gasteiger partial charge in [-0.25, -0.2) is 4.79 Å². The minimum Gasteiger partial charge on any atom is -0.491 e. The number of aliphatic carboxylic acids is 1. The molecular weight excluding hydrogens is 364 g/mol. The smallest absolute Gasteiger partial charge is 0.329 e. The van der Waals surface area contributed by atoms with E-state index in [9.17, 15) is 19.7 Å². The van der Waals surface area contributed by atoms with Crippen molar-refractivity contribution in [3.8, 4) is 5.75 Å². The summed E-state index contributed by atoms with van der Waals surface area (Å²) in [7, 11) is 0. The van der Waals surface area contributed by atoms with Crippen LogP contribution in [0.4, 0.5) is 5.69 Å². The molecule has 0 bridgehead atoms. The molecule has 0 saturated heterocycles. The van der Waals surface area contributed by atoms with Gasteiger partial charge in [0, 0.05) is 18.7 Å². The highest BCUT2D eigenvalue weighted by Gasteiger charge is 2.04. The number of hydrogen-bond acceptors (Lipinski definition) is 8. The molecule has 27 heavy (non-hydrogen) atoms. The van der Waals surface area contributed by atoms with Crippen molar-refractivity contribution >= 4 is 17.6 Å². The van der Waals surface area contributed by atoms with Crippen molar-refractivity contribution in [3.05, 3.63) is 34.4 Å². The molecule has 0 saturated carbocycles. The van der Waals surface area contributed by atoms with E-state index in [2.05, 4.69) is 10.1 Å². The van der Waals surface area contributed by atoms with Crippen molar-refractivity contribution < 1.29 is 38.6 Å². The van der Waals surface area contributed by atoms with Crippen LogP contribution in [0, 0.1) is 10.1 Å². The Morgan fingerprint density at radius 2 is 1.59 bits per heavy atom. The molecule has 0 heterocycles. The first-order chi connectivity index (χ1) is 13.0. The van der Waals surface area contributed by atoms with Gasteiger partial charge in [0.25, 0.3) is 5.69 Å². The maximum absolute atomic E-state index is 11.2. The van der Waals surface area contributed by atoms with Crippen LogP contribution >= 0.6 is 0 Å². The van der Waals surface area contributed by atoms with Gasteiger partial charge in [-0.15, -0.1) is 0 Å². The van der Waals surface area contributed by atoms with Crippen molar-refractivity contribution in [2.75, 3.05) is 52.8 Å². The van der Waals surface area contributed by atoms with Gasteiger partial charge in [0.2, 0.25) is 5.91 Å². The van der Waals surface area contributed by atoms with Gasteiger partial charge < -0.3 is 29.4 Å². The second-order valence-electron chi connectivity index (χ2n) is 5.06. The molecule has 150 valence electrons. The van der Waals surface area contributed by atoms with E-state index in [4.69, 9.17) is 19.3 Å². The number of hydrogen-bond donors (Lipinski definition) is 2. The Balaban J connectivity index is 1.91. The van der Waals surface area contributed by atoms with Gasteiger partial charge in [0.15, 0.2) is 0 Å². The van der Waals surface area contributed by atoms with Crippen LogP contribution in [0.15, 0.2) is 24.3 Å². The third kappa shape index (κ3) is 11.5. The summed E-state index contributed by atoms with van der Waals surface area (Å²) in [5.74, 6) is -1.03. The van der Waals surface area contributed by atoms with E-state index in [1.54, 1.807) is 0 Å². The number of benzene rings is 1. The van der Waals surface area contributed by atoms with Crippen LogP contribution in [0.3, 0.4) is 0 Å². The quantitative estimate of drug-likeness (QED) is 0.245. The Labute approximate surface area is 155 Å². The molecule has 11 heteroatoms. The van der Waals surface area contributed by atoms with Gasteiger partial charge >= 0.3 is 5.97 Å². The maximum Gasteiger partial charge on any atom is 0.329 e. The number of ether oxygens (including phenoxy) is 4. The van der Waals surface area contributed by atoms with E-state index in [0.717, 1.165) is 0 Å². The largest absolute Gasteiger partial charge is 0.491 e. The lowest BCUT2D eigenvalue weighted by atomic mass is 10.3. The zero-order chi connectivity index (χ0) is 19.9. The monoisotopic (exact) mass is 386 g/mol. The number of carboxylic acid groups (broad SMARTS) is 1. The second-order valence-corrected chi connectivity index (χ2v) is 5.06. The van der Waals surface area contributed by atoms with E-state index in [-0.39, 0.29) is 25.4 Å². The molecule has 0 aromatic heterocycles. The van der Waals surface area contributed by atoms with Crippen molar-refractivity contribution in [2.45, 2.75) is 0 Å². The third-order valence-electron chi connectivity index (χ3n) is 2.94. The lowest BCUT2D eigenvalue weighted by Crippen LogP contribution is -2.31. The van der Waals surface area contributed by atoms with Crippen LogP contribution in [-0.4, -0.2) is 74.7 Å². The Bertz CT molecular complexity index is 592.